The van der Waals surface area contributed by atoms with Gasteiger partial charge in [-0.05, 0) is 29.8 Å². The summed E-state index contributed by atoms with van der Waals surface area (Å²) in [4.78, 5) is 20.1. The molecule has 1 aliphatic heterocycles. The molecule has 0 saturated carbocycles. The summed E-state index contributed by atoms with van der Waals surface area (Å²) in [6, 6.07) is 3.83. The molecule has 0 bridgehead atoms. The molecule has 0 radical (unpaired) electrons. The molecule has 1 atom stereocenters. The molecule has 0 aliphatic carbocycles. The van der Waals surface area contributed by atoms with Crippen LogP contribution in [-0.4, -0.2) is 38.8 Å². The molecule has 0 fully saturated rings. The molecule has 0 spiro atoms. The number of benzene rings is 1. The Hall–Kier alpha value is -3.00. The van der Waals surface area contributed by atoms with Crippen LogP contribution in [0.4, 0.5) is 0 Å². The van der Waals surface area contributed by atoms with Crippen LogP contribution in [0.1, 0.15) is 21.7 Å². The van der Waals surface area contributed by atoms with E-state index in [2.05, 4.69) is 30.2 Å². The highest BCUT2D eigenvalue weighted by atomic mass is 35.5. The average molecular weight is 372 g/mol. The second-order valence-electron chi connectivity index (χ2n) is 5.93. The van der Waals surface area contributed by atoms with Crippen molar-refractivity contribution in [1.29, 1.82) is 0 Å². The number of hydrogen-bond acceptors (Lipinski definition) is 7. The molecule has 1 N–H and O–H groups in total. The van der Waals surface area contributed by atoms with Gasteiger partial charge in [-0.25, -0.2) is 14.6 Å². The van der Waals surface area contributed by atoms with Gasteiger partial charge in [-0.1, -0.05) is 16.8 Å². The summed E-state index contributed by atoms with van der Waals surface area (Å²) in [6.07, 6.45) is 5.35. The first kappa shape index (κ1) is 16.5. The summed E-state index contributed by atoms with van der Waals surface area (Å²) in [5, 5.41) is 10.5. The molecular formula is C17H14ClN5O3. The van der Waals surface area contributed by atoms with Crippen molar-refractivity contribution in [3.8, 4) is 16.9 Å². The first-order valence-electron chi connectivity index (χ1n) is 7.93. The van der Waals surface area contributed by atoms with Crippen molar-refractivity contribution >= 4 is 17.5 Å². The number of aryl methyl sites for hydroxylation is 1. The molecule has 26 heavy (non-hydrogen) atoms. The topological polar surface area (TPSA) is 103 Å². The van der Waals surface area contributed by atoms with E-state index in [0.29, 0.717) is 29.4 Å². The molecule has 3 heterocycles. The predicted octanol–water partition coefficient (Wildman–Crippen LogP) is 2.22. The van der Waals surface area contributed by atoms with Crippen molar-refractivity contribution in [3.63, 3.8) is 0 Å². The molecular weight excluding hydrogens is 358 g/mol. The molecule has 132 valence electrons. The maximum atomic E-state index is 12.1. The van der Waals surface area contributed by atoms with Crippen LogP contribution in [0.5, 0.6) is 5.75 Å². The van der Waals surface area contributed by atoms with E-state index in [1.54, 1.807) is 19.3 Å². The van der Waals surface area contributed by atoms with E-state index in [-0.39, 0.29) is 17.7 Å². The zero-order chi connectivity index (χ0) is 18.1. The van der Waals surface area contributed by atoms with Gasteiger partial charge in [0.25, 0.3) is 5.91 Å². The number of carbonyl (C=O) groups is 1. The van der Waals surface area contributed by atoms with Crippen LogP contribution >= 0.6 is 11.6 Å². The zero-order valence-corrected chi connectivity index (χ0v) is 14.5. The first-order valence-corrected chi connectivity index (χ1v) is 8.31. The van der Waals surface area contributed by atoms with Crippen molar-refractivity contribution in [2.45, 2.75) is 19.4 Å². The fraction of sp³-hybridized carbons (Fsp3) is 0.235. The highest BCUT2D eigenvalue weighted by Crippen LogP contribution is 2.39. The van der Waals surface area contributed by atoms with Crippen molar-refractivity contribution < 1.29 is 14.2 Å². The Morgan fingerprint density at radius 1 is 1.27 bits per heavy atom. The lowest BCUT2D eigenvalue weighted by molar-refractivity contribution is 0.0923. The van der Waals surface area contributed by atoms with Gasteiger partial charge in [-0.3, -0.25) is 4.79 Å². The van der Waals surface area contributed by atoms with Crippen LogP contribution in [0.2, 0.25) is 5.02 Å². The molecule has 2 aromatic heterocycles. The Labute approximate surface area is 153 Å². The number of amides is 1. The number of carbonyl (C=O) groups excluding carboxylic acids is 1. The van der Waals surface area contributed by atoms with E-state index >= 15 is 0 Å². The largest absolute Gasteiger partial charge is 0.486 e. The van der Waals surface area contributed by atoms with Crippen LogP contribution < -0.4 is 10.1 Å². The lowest BCUT2D eigenvalue weighted by atomic mass is 10.0. The van der Waals surface area contributed by atoms with Gasteiger partial charge in [0.05, 0.1) is 11.6 Å². The Morgan fingerprint density at radius 3 is 2.81 bits per heavy atom. The summed E-state index contributed by atoms with van der Waals surface area (Å²) >= 11 is 6.37. The van der Waals surface area contributed by atoms with E-state index in [9.17, 15) is 4.79 Å². The Balaban J connectivity index is 1.46. The van der Waals surface area contributed by atoms with Gasteiger partial charge in [0.1, 0.15) is 23.9 Å². The lowest BCUT2D eigenvalue weighted by Gasteiger charge is -2.11. The number of nitrogens with one attached hydrogen (secondary N) is 1. The van der Waals surface area contributed by atoms with Crippen LogP contribution in [-0.2, 0) is 6.42 Å². The van der Waals surface area contributed by atoms with Crippen LogP contribution in [0, 0.1) is 6.92 Å². The highest BCUT2D eigenvalue weighted by molar-refractivity contribution is 6.32. The number of fused-ring (bicyclic) bond motifs is 1. The molecule has 3 aromatic rings. The summed E-state index contributed by atoms with van der Waals surface area (Å²) in [5.41, 5.74) is 3.39. The summed E-state index contributed by atoms with van der Waals surface area (Å²) in [5.74, 6) is 0.294. The highest BCUT2D eigenvalue weighted by Gasteiger charge is 2.27. The van der Waals surface area contributed by atoms with Crippen LogP contribution in [0.25, 0.3) is 11.1 Å². The minimum absolute atomic E-state index is 0.171. The molecule has 8 nitrogen and oxygen atoms in total. The number of halogens is 1. The molecule has 4 rings (SSSR count). The molecule has 1 unspecified atom stereocenters. The smallest absolute Gasteiger partial charge is 0.275 e. The van der Waals surface area contributed by atoms with E-state index in [0.717, 1.165) is 16.7 Å². The number of ether oxygens (including phenoxy) is 1. The van der Waals surface area contributed by atoms with Gasteiger partial charge >= 0.3 is 0 Å². The fourth-order valence-corrected chi connectivity index (χ4v) is 3.13. The number of nitrogens with zero attached hydrogens (tertiary/aromatic N) is 4. The second kappa shape index (κ2) is 6.72. The average Bonchev–Trinajstić information content (AvgIpc) is 3.26. The predicted molar refractivity (Wildman–Crippen MR) is 92.0 cm³/mol. The number of aromatic nitrogens is 4. The van der Waals surface area contributed by atoms with Crippen LogP contribution in [0.3, 0.4) is 0 Å². The Bertz CT molecular complexity index is 960. The lowest BCUT2D eigenvalue weighted by Crippen LogP contribution is -2.34. The van der Waals surface area contributed by atoms with E-state index in [4.69, 9.17) is 16.3 Å². The molecule has 0 saturated heterocycles. The van der Waals surface area contributed by atoms with Crippen LogP contribution in [0.15, 0.2) is 35.5 Å². The molecule has 1 aromatic carbocycles. The minimum Gasteiger partial charge on any atom is -0.486 e. The third-order valence-electron chi connectivity index (χ3n) is 4.10. The number of rotatable bonds is 4. The minimum atomic E-state index is -0.350. The Morgan fingerprint density at radius 2 is 2.08 bits per heavy atom. The second-order valence-corrected chi connectivity index (χ2v) is 6.33. The van der Waals surface area contributed by atoms with E-state index in [1.165, 1.54) is 6.33 Å². The monoisotopic (exact) mass is 371 g/mol. The number of hydrogen-bond donors (Lipinski definition) is 1. The SMILES string of the molecule is Cc1nonc1C(=O)NCC1Cc2cc(-c3cncnc3)cc(Cl)c2O1. The standard InChI is InChI=1S/C17H14ClN5O3/c1-9-15(23-26-22-9)17(24)21-7-13-3-11-2-10(4-14(18)16(11)25-13)12-5-19-8-20-6-12/h2,4-6,8,13H,3,7H2,1H3,(H,21,24). The van der Waals surface area contributed by atoms with Gasteiger partial charge in [-0.15, -0.1) is 0 Å². The Kier molecular flexibility index (Phi) is 4.26. The summed E-state index contributed by atoms with van der Waals surface area (Å²) in [7, 11) is 0. The third kappa shape index (κ3) is 3.11. The molecule has 1 aliphatic rings. The fourth-order valence-electron chi connectivity index (χ4n) is 2.84. The first-order chi connectivity index (χ1) is 12.6. The van der Waals surface area contributed by atoms with Gasteiger partial charge in [0.2, 0.25) is 0 Å². The normalized spacial score (nSPS) is 15.4. The van der Waals surface area contributed by atoms with Crippen molar-refractivity contribution in [2.75, 3.05) is 6.54 Å². The maximum Gasteiger partial charge on any atom is 0.275 e. The molecule has 9 heteroatoms. The van der Waals surface area contributed by atoms with Crippen molar-refractivity contribution in [3.05, 3.63) is 52.8 Å². The third-order valence-corrected chi connectivity index (χ3v) is 4.39. The quantitative estimate of drug-likeness (QED) is 0.749. The summed E-state index contributed by atoms with van der Waals surface area (Å²) < 4.78 is 10.4. The van der Waals surface area contributed by atoms with Gasteiger partial charge in [0.15, 0.2) is 5.69 Å². The van der Waals surface area contributed by atoms with E-state index < -0.39 is 0 Å². The van der Waals surface area contributed by atoms with Crippen molar-refractivity contribution in [1.82, 2.24) is 25.6 Å². The zero-order valence-electron chi connectivity index (χ0n) is 13.8. The molecule has 1 amide bonds. The van der Waals surface area contributed by atoms with Crippen molar-refractivity contribution in [2.24, 2.45) is 0 Å². The van der Waals surface area contributed by atoms with Gasteiger partial charge < -0.3 is 10.1 Å². The van der Waals surface area contributed by atoms with E-state index in [1.807, 2.05) is 12.1 Å². The maximum absolute atomic E-state index is 12.1. The van der Waals surface area contributed by atoms with Gasteiger partial charge in [-0.2, -0.15) is 0 Å². The summed E-state index contributed by atoms with van der Waals surface area (Å²) in [6.45, 7) is 1.97. The van der Waals surface area contributed by atoms with Gasteiger partial charge in [0, 0.05) is 29.9 Å².